The summed E-state index contributed by atoms with van der Waals surface area (Å²) in [5.74, 6) is 5.47. The van der Waals surface area contributed by atoms with Gasteiger partial charge in [0.1, 0.15) is 0 Å². The lowest BCUT2D eigenvalue weighted by atomic mass is 10.1. The van der Waals surface area contributed by atoms with Crippen LogP contribution in [0.2, 0.25) is 10.0 Å². The Morgan fingerprint density at radius 3 is 2.25 bits per heavy atom. The van der Waals surface area contributed by atoms with Gasteiger partial charge in [0.05, 0.1) is 18.8 Å². The van der Waals surface area contributed by atoms with E-state index in [2.05, 4.69) is 5.43 Å². The van der Waals surface area contributed by atoms with E-state index in [0.29, 0.717) is 16.7 Å². The Balaban J connectivity index is 2.78. The van der Waals surface area contributed by atoms with E-state index in [1.54, 1.807) is 6.07 Å². The van der Waals surface area contributed by atoms with Crippen LogP contribution < -0.4 is 11.3 Å². The first kappa shape index (κ1) is 13.7. The maximum absolute atomic E-state index is 5.92. The van der Waals surface area contributed by atoms with Gasteiger partial charge < -0.3 is 4.74 Å². The molecule has 1 atom stereocenters. The molecule has 1 aromatic rings. The molecule has 3 nitrogen and oxygen atoms in total. The molecular weight excluding hydrogens is 247 g/mol. The third-order valence-electron chi connectivity index (χ3n) is 2.08. The van der Waals surface area contributed by atoms with Crippen molar-refractivity contribution < 1.29 is 4.74 Å². The predicted molar refractivity (Wildman–Crippen MR) is 67.6 cm³/mol. The minimum absolute atomic E-state index is 0.112. The van der Waals surface area contributed by atoms with Crippen LogP contribution in [0.25, 0.3) is 0 Å². The van der Waals surface area contributed by atoms with Crippen molar-refractivity contribution in [2.24, 2.45) is 5.84 Å². The van der Waals surface area contributed by atoms with Gasteiger partial charge in [0.15, 0.2) is 0 Å². The Morgan fingerprint density at radius 2 is 1.81 bits per heavy atom. The molecule has 0 amide bonds. The summed E-state index contributed by atoms with van der Waals surface area (Å²) in [4.78, 5) is 0. The summed E-state index contributed by atoms with van der Waals surface area (Å²) < 4.78 is 5.50. The van der Waals surface area contributed by atoms with Crippen molar-refractivity contribution in [1.29, 1.82) is 0 Å². The molecule has 0 radical (unpaired) electrons. The van der Waals surface area contributed by atoms with E-state index < -0.39 is 0 Å². The summed E-state index contributed by atoms with van der Waals surface area (Å²) >= 11 is 11.8. The Morgan fingerprint density at radius 1 is 1.25 bits per heavy atom. The quantitative estimate of drug-likeness (QED) is 0.634. The number of nitrogens with two attached hydrogens (primary N) is 1. The molecular formula is C11H16Cl2N2O. The first-order valence-corrected chi connectivity index (χ1v) is 5.82. The molecule has 0 saturated heterocycles. The molecule has 0 fully saturated rings. The number of hydrogen-bond acceptors (Lipinski definition) is 3. The zero-order valence-corrected chi connectivity index (χ0v) is 10.8. The van der Waals surface area contributed by atoms with Crippen molar-refractivity contribution in [2.45, 2.75) is 26.0 Å². The third kappa shape index (κ3) is 4.28. The topological polar surface area (TPSA) is 47.3 Å². The minimum atomic E-state index is -0.112. The van der Waals surface area contributed by atoms with Crippen LogP contribution in [-0.4, -0.2) is 12.7 Å². The highest BCUT2D eigenvalue weighted by atomic mass is 35.5. The van der Waals surface area contributed by atoms with Gasteiger partial charge in [-0.3, -0.25) is 11.3 Å². The minimum Gasteiger partial charge on any atom is -0.377 e. The standard InChI is InChI=1S/C11H16Cl2N2O/c1-7(2)16-6-11(15-14)8-3-9(12)5-10(13)4-8/h3-5,7,11,15H,6,14H2,1-2H3. The molecule has 5 heteroatoms. The second-order valence-corrected chi connectivity index (χ2v) is 4.68. The van der Waals surface area contributed by atoms with E-state index in [9.17, 15) is 0 Å². The highest BCUT2D eigenvalue weighted by Gasteiger charge is 2.12. The molecule has 1 unspecified atom stereocenters. The van der Waals surface area contributed by atoms with Crippen LogP contribution in [0, 0.1) is 0 Å². The van der Waals surface area contributed by atoms with Crippen LogP contribution in [0.5, 0.6) is 0 Å². The normalized spacial score (nSPS) is 13.1. The van der Waals surface area contributed by atoms with Crippen molar-refractivity contribution in [1.82, 2.24) is 5.43 Å². The van der Waals surface area contributed by atoms with E-state index in [-0.39, 0.29) is 12.1 Å². The molecule has 16 heavy (non-hydrogen) atoms. The molecule has 0 aliphatic heterocycles. The van der Waals surface area contributed by atoms with Gasteiger partial charge in [-0.25, -0.2) is 0 Å². The average molecular weight is 263 g/mol. The van der Waals surface area contributed by atoms with E-state index >= 15 is 0 Å². The molecule has 1 rings (SSSR count). The Labute approximate surface area is 106 Å². The molecule has 90 valence electrons. The van der Waals surface area contributed by atoms with Gasteiger partial charge in [-0.05, 0) is 37.6 Å². The molecule has 3 N–H and O–H groups in total. The summed E-state index contributed by atoms with van der Waals surface area (Å²) in [6.45, 7) is 4.42. The van der Waals surface area contributed by atoms with Gasteiger partial charge >= 0.3 is 0 Å². The van der Waals surface area contributed by atoms with Crippen molar-refractivity contribution in [3.05, 3.63) is 33.8 Å². The fourth-order valence-corrected chi connectivity index (χ4v) is 1.85. The van der Waals surface area contributed by atoms with Crippen LogP contribution in [0.3, 0.4) is 0 Å². The lowest BCUT2D eigenvalue weighted by molar-refractivity contribution is 0.0611. The van der Waals surface area contributed by atoms with Gasteiger partial charge in [-0.15, -0.1) is 0 Å². The van der Waals surface area contributed by atoms with Gasteiger partial charge in [-0.1, -0.05) is 23.2 Å². The largest absolute Gasteiger partial charge is 0.377 e. The fourth-order valence-electron chi connectivity index (χ4n) is 1.31. The number of benzene rings is 1. The van der Waals surface area contributed by atoms with Gasteiger partial charge in [0.25, 0.3) is 0 Å². The molecule has 0 bridgehead atoms. The zero-order valence-electron chi connectivity index (χ0n) is 9.34. The molecule has 0 aliphatic rings. The second kappa shape index (κ2) is 6.42. The van der Waals surface area contributed by atoms with Crippen molar-refractivity contribution in [3.63, 3.8) is 0 Å². The van der Waals surface area contributed by atoms with E-state index in [4.69, 9.17) is 33.8 Å². The lowest BCUT2D eigenvalue weighted by Crippen LogP contribution is -2.32. The Hall–Kier alpha value is -0.320. The number of ether oxygens (including phenoxy) is 1. The molecule has 0 aromatic heterocycles. The molecule has 0 heterocycles. The van der Waals surface area contributed by atoms with Crippen molar-refractivity contribution in [2.75, 3.05) is 6.61 Å². The summed E-state index contributed by atoms with van der Waals surface area (Å²) in [6, 6.07) is 5.21. The summed E-state index contributed by atoms with van der Waals surface area (Å²) in [5, 5.41) is 1.18. The van der Waals surface area contributed by atoms with Gasteiger partial charge in [0, 0.05) is 10.0 Å². The highest BCUT2D eigenvalue weighted by molar-refractivity contribution is 6.34. The van der Waals surface area contributed by atoms with Crippen molar-refractivity contribution in [3.8, 4) is 0 Å². The maximum Gasteiger partial charge on any atom is 0.0695 e. The van der Waals surface area contributed by atoms with Crippen molar-refractivity contribution >= 4 is 23.2 Å². The number of halogens is 2. The van der Waals surface area contributed by atoms with Gasteiger partial charge in [-0.2, -0.15) is 0 Å². The summed E-state index contributed by atoms with van der Waals surface area (Å²) in [5.41, 5.74) is 3.60. The van der Waals surface area contributed by atoms with E-state index in [0.717, 1.165) is 5.56 Å². The molecule has 1 aromatic carbocycles. The third-order valence-corrected chi connectivity index (χ3v) is 2.52. The average Bonchev–Trinajstić information content (AvgIpc) is 2.16. The maximum atomic E-state index is 5.92. The van der Waals surface area contributed by atoms with Crippen LogP contribution in [0.15, 0.2) is 18.2 Å². The Bertz CT molecular complexity index is 325. The van der Waals surface area contributed by atoms with E-state index in [1.807, 2.05) is 26.0 Å². The second-order valence-electron chi connectivity index (χ2n) is 3.80. The first-order chi connectivity index (χ1) is 7.52. The van der Waals surface area contributed by atoms with Crippen LogP contribution in [-0.2, 0) is 4.74 Å². The SMILES string of the molecule is CC(C)OCC(NN)c1cc(Cl)cc(Cl)c1. The highest BCUT2D eigenvalue weighted by Crippen LogP contribution is 2.23. The molecule has 0 aliphatic carbocycles. The molecule has 0 spiro atoms. The van der Waals surface area contributed by atoms with Crippen LogP contribution in [0.4, 0.5) is 0 Å². The summed E-state index contributed by atoms with van der Waals surface area (Å²) in [6.07, 6.45) is 0.158. The first-order valence-electron chi connectivity index (χ1n) is 5.06. The Kier molecular flexibility index (Phi) is 5.52. The number of nitrogens with one attached hydrogen (secondary N) is 1. The lowest BCUT2D eigenvalue weighted by Gasteiger charge is -2.18. The van der Waals surface area contributed by atoms with Crippen LogP contribution >= 0.6 is 23.2 Å². The number of hydrazine groups is 1. The van der Waals surface area contributed by atoms with Gasteiger partial charge in [0.2, 0.25) is 0 Å². The monoisotopic (exact) mass is 262 g/mol. The predicted octanol–water partition coefficient (Wildman–Crippen LogP) is 2.92. The summed E-state index contributed by atoms with van der Waals surface area (Å²) in [7, 11) is 0. The van der Waals surface area contributed by atoms with Crippen LogP contribution in [0.1, 0.15) is 25.5 Å². The zero-order chi connectivity index (χ0) is 12.1. The number of hydrogen-bond donors (Lipinski definition) is 2. The van der Waals surface area contributed by atoms with E-state index in [1.165, 1.54) is 0 Å². The fraction of sp³-hybridized carbons (Fsp3) is 0.455. The molecule has 0 saturated carbocycles. The number of rotatable bonds is 5. The smallest absolute Gasteiger partial charge is 0.0695 e.